The molecule has 9 heteroatoms. The van der Waals surface area contributed by atoms with Crippen molar-refractivity contribution in [3.05, 3.63) is 28.1 Å². The van der Waals surface area contributed by atoms with E-state index in [9.17, 15) is 28.1 Å². The lowest BCUT2D eigenvalue weighted by Gasteiger charge is -2.09. The number of halogens is 3. The minimum Gasteiger partial charge on any atom is -0.484 e. The van der Waals surface area contributed by atoms with E-state index in [0.29, 0.717) is 12.1 Å². The maximum absolute atomic E-state index is 13.5. The van der Waals surface area contributed by atoms with Gasteiger partial charge in [0.25, 0.3) is 12.1 Å². The van der Waals surface area contributed by atoms with Crippen LogP contribution in [-0.4, -0.2) is 23.9 Å². The van der Waals surface area contributed by atoms with Gasteiger partial charge in [0.05, 0.1) is 11.0 Å². The number of rotatable bonds is 5. The zero-order valence-electron chi connectivity index (χ0n) is 9.65. The van der Waals surface area contributed by atoms with E-state index in [1.165, 1.54) is 0 Å². The molecule has 0 atom stereocenters. The first-order valence-electron chi connectivity index (χ1n) is 4.97. The predicted molar refractivity (Wildman–Crippen MR) is 58.9 cm³/mol. The fourth-order valence-corrected chi connectivity index (χ4v) is 1.25. The molecule has 104 valence electrons. The van der Waals surface area contributed by atoms with Crippen molar-refractivity contribution in [1.29, 1.82) is 0 Å². The summed E-state index contributed by atoms with van der Waals surface area (Å²) >= 11 is 0. The number of amides is 1. The number of benzene rings is 1. The van der Waals surface area contributed by atoms with Gasteiger partial charge in [0, 0.05) is 13.0 Å². The third-order valence-corrected chi connectivity index (χ3v) is 1.92. The van der Waals surface area contributed by atoms with Crippen molar-refractivity contribution >= 4 is 17.3 Å². The van der Waals surface area contributed by atoms with Gasteiger partial charge in [-0.25, -0.2) is 13.2 Å². The lowest BCUT2D eigenvalue weighted by atomic mass is 10.2. The first kappa shape index (κ1) is 14.7. The van der Waals surface area contributed by atoms with E-state index in [-0.39, 0.29) is 5.69 Å². The number of nitro groups is 1. The number of carbonyl (C=O) groups is 1. The van der Waals surface area contributed by atoms with Crippen LogP contribution in [0.5, 0.6) is 5.75 Å². The second kappa shape index (κ2) is 6.03. The van der Waals surface area contributed by atoms with E-state index in [2.05, 4.69) is 10.1 Å². The Morgan fingerprint density at radius 2 is 2.16 bits per heavy atom. The van der Waals surface area contributed by atoms with Crippen molar-refractivity contribution in [2.75, 3.05) is 11.9 Å². The van der Waals surface area contributed by atoms with Crippen LogP contribution < -0.4 is 10.1 Å². The van der Waals surface area contributed by atoms with Crippen molar-refractivity contribution in [3.8, 4) is 5.75 Å². The Morgan fingerprint density at radius 1 is 1.53 bits per heavy atom. The minimum atomic E-state index is -2.84. The number of nitrogens with one attached hydrogen (secondary N) is 1. The standard InChI is InChI=1S/C10H9F3N2O4/c1-5(16)14-7-2-6(11)9(19-4-10(12)13)3-8(7)15(17)18/h2-3,10H,4H2,1H3,(H,14,16). The molecular formula is C10H9F3N2O4. The summed E-state index contributed by atoms with van der Waals surface area (Å²) in [4.78, 5) is 20.7. The van der Waals surface area contributed by atoms with Crippen LogP contribution in [0.1, 0.15) is 6.92 Å². The summed E-state index contributed by atoms with van der Waals surface area (Å²) in [6, 6.07) is 1.28. The maximum Gasteiger partial charge on any atom is 0.296 e. The van der Waals surface area contributed by atoms with Crippen molar-refractivity contribution in [3.63, 3.8) is 0 Å². The fourth-order valence-electron chi connectivity index (χ4n) is 1.25. The molecule has 0 aliphatic heterocycles. The van der Waals surface area contributed by atoms with Gasteiger partial charge in [0.2, 0.25) is 5.91 Å². The Bertz CT molecular complexity index is 508. The number of hydrogen-bond donors (Lipinski definition) is 1. The monoisotopic (exact) mass is 278 g/mol. The Balaban J connectivity index is 3.12. The van der Waals surface area contributed by atoms with Crippen molar-refractivity contribution in [1.82, 2.24) is 0 Å². The molecule has 0 saturated heterocycles. The van der Waals surface area contributed by atoms with Gasteiger partial charge in [-0.05, 0) is 0 Å². The molecule has 0 saturated carbocycles. The zero-order valence-corrected chi connectivity index (χ0v) is 9.65. The van der Waals surface area contributed by atoms with E-state index >= 15 is 0 Å². The molecule has 1 aromatic carbocycles. The second-order valence-corrected chi connectivity index (χ2v) is 3.44. The second-order valence-electron chi connectivity index (χ2n) is 3.44. The van der Waals surface area contributed by atoms with Crippen LogP contribution >= 0.6 is 0 Å². The molecule has 0 heterocycles. The molecule has 1 aromatic rings. The molecule has 19 heavy (non-hydrogen) atoms. The van der Waals surface area contributed by atoms with Crippen LogP contribution in [0.4, 0.5) is 24.5 Å². The van der Waals surface area contributed by atoms with Gasteiger partial charge < -0.3 is 10.1 Å². The Kier molecular flexibility index (Phi) is 4.67. The van der Waals surface area contributed by atoms with Crippen LogP contribution in [0, 0.1) is 15.9 Å². The molecule has 1 rings (SSSR count). The van der Waals surface area contributed by atoms with E-state index in [1.807, 2.05) is 0 Å². The number of alkyl halides is 2. The lowest BCUT2D eigenvalue weighted by molar-refractivity contribution is -0.384. The highest BCUT2D eigenvalue weighted by Crippen LogP contribution is 2.32. The number of ether oxygens (including phenoxy) is 1. The Labute approximate surface area is 105 Å². The molecule has 6 nitrogen and oxygen atoms in total. The Hall–Kier alpha value is -2.32. The number of nitro benzene ring substituents is 1. The normalized spacial score (nSPS) is 10.4. The highest BCUT2D eigenvalue weighted by atomic mass is 19.3. The SMILES string of the molecule is CC(=O)Nc1cc(F)c(OCC(F)F)cc1[N+](=O)[O-]. The molecule has 0 bridgehead atoms. The molecule has 0 aliphatic carbocycles. The molecule has 0 unspecified atom stereocenters. The fraction of sp³-hybridized carbons (Fsp3) is 0.300. The summed E-state index contributed by atoms with van der Waals surface area (Å²) in [5, 5.41) is 12.8. The van der Waals surface area contributed by atoms with Gasteiger partial charge >= 0.3 is 0 Å². The minimum absolute atomic E-state index is 0.376. The third-order valence-electron chi connectivity index (χ3n) is 1.92. The quantitative estimate of drug-likeness (QED) is 0.662. The molecule has 0 spiro atoms. The number of carbonyl (C=O) groups excluding carboxylic acids is 1. The largest absolute Gasteiger partial charge is 0.484 e. The van der Waals surface area contributed by atoms with Crippen LogP contribution in [0.15, 0.2) is 12.1 Å². The number of hydrogen-bond acceptors (Lipinski definition) is 4. The van der Waals surface area contributed by atoms with Gasteiger partial charge in [-0.1, -0.05) is 0 Å². The molecule has 0 aliphatic rings. The number of nitrogens with zero attached hydrogens (tertiary/aromatic N) is 1. The van der Waals surface area contributed by atoms with Gasteiger partial charge in [-0.15, -0.1) is 0 Å². The summed E-state index contributed by atoms with van der Waals surface area (Å²) in [6.45, 7) is -0.00358. The lowest BCUT2D eigenvalue weighted by Crippen LogP contribution is -2.11. The van der Waals surface area contributed by atoms with Gasteiger partial charge in [-0.2, -0.15) is 0 Å². The predicted octanol–water partition coefficient (Wildman–Crippen LogP) is 2.34. The molecule has 1 amide bonds. The van der Waals surface area contributed by atoms with Gasteiger partial charge in [0.1, 0.15) is 12.3 Å². The van der Waals surface area contributed by atoms with Crippen LogP contribution in [-0.2, 0) is 4.79 Å². The zero-order chi connectivity index (χ0) is 14.6. The van der Waals surface area contributed by atoms with Gasteiger partial charge in [-0.3, -0.25) is 14.9 Å². The molecular weight excluding hydrogens is 269 g/mol. The summed E-state index contributed by atoms with van der Waals surface area (Å²) in [5.74, 6) is -2.40. The summed E-state index contributed by atoms with van der Waals surface area (Å²) in [5.41, 5.74) is -1.03. The smallest absolute Gasteiger partial charge is 0.296 e. The van der Waals surface area contributed by atoms with Crippen LogP contribution in [0.2, 0.25) is 0 Å². The maximum atomic E-state index is 13.5. The van der Waals surface area contributed by atoms with Crippen molar-refractivity contribution in [2.45, 2.75) is 13.3 Å². The highest BCUT2D eigenvalue weighted by molar-refractivity contribution is 5.91. The molecule has 1 N–H and O–H groups in total. The van der Waals surface area contributed by atoms with Crippen molar-refractivity contribution < 1.29 is 27.6 Å². The average molecular weight is 278 g/mol. The van der Waals surface area contributed by atoms with Crippen LogP contribution in [0.3, 0.4) is 0 Å². The molecule has 0 aromatic heterocycles. The topological polar surface area (TPSA) is 81.5 Å². The van der Waals surface area contributed by atoms with E-state index in [0.717, 1.165) is 6.92 Å². The summed E-state index contributed by atoms with van der Waals surface area (Å²) in [6.07, 6.45) is -2.84. The first-order chi connectivity index (χ1) is 8.81. The molecule has 0 radical (unpaired) electrons. The van der Waals surface area contributed by atoms with E-state index in [1.54, 1.807) is 0 Å². The van der Waals surface area contributed by atoms with Crippen molar-refractivity contribution in [2.24, 2.45) is 0 Å². The van der Waals surface area contributed by atoms with Crippen LogP contribution in [0.25, 0.3) is 0 Å². The van der Waals surface area contributed by atoms with E-state index in [4.69, 9.17) is 0 Å². The summed E-state index contributed by atoms with van der Waals surface area (Å²) in [7, 11) is 0. The first-order valence-corrected chi connectivity index (χ1v) is 4.97. The number of anilines is 1. The third kappa shape index (κ3) is 4.12. The highest BCUT2D eigenvalue weighted by Gasteiger charge is 2.20. The molecule has 0 fully saturated rings. The van der Waals surface area contributed by atoms with E-state index < -0.39 is 41.1 Å². The Morgan fingerprint density at radius 3 is 2.63 bits per heavy atom. The summed E-state index contributed by atoms with van der Waals surface area (Å²) < 4.78 is 41.7. The average Bonchev–Trinajstić information content (AvgIpc) is 2.26. The van der Waals surface area contributed by atoms with Gasteiger partial charge in [0.15, 0.2) is 11.6 Å².